The monoisotopic (exact) mass is 408 g/mol. The van der Waals surface area contributed by atoms with Crippen LogP contribution in [0.3, 0.4) is 0 Å². The molecular formula is C23H28N4O3. The van der Waals surface area contributed by atoms with Gasteiger partial charge in [0.25, 0.3) is 0 Å². The summed E-state index contributed by atoms with van der Waals surface area (Å²) in [6, 6.07) is 12.3. The molecule has 0 N–H and O–H groups in total. The van der Waals surface area contributed by atoms with Crippen molar-refractivity contribution in [3.05, 3.63) is 65.6 Å². The smallest absolute Gasteiger partial charge is 0.223 e. The summed E-state index contributed by atoms with van der Waals surface area (Å²) >= 11 is 0. The van der Waals surface area contributed by atoms with Gasteiger partial charge in [0, 0.05) is 44.2 Å². The molecule has 0 saturated heterocycles. The van der Waals surface area contributed by atoms with Crippen LogP contribution >= 0.6 is 0 Å². The number of hydrogen-bond acceptors (Lipinski definition) is 5. The lowest BCUT2D eigenvalue weighted by Gasteiger charge is -2.36. The van der Waals surface area contributed by atoms with Crippen LogP contribution in [-0.4, -0.2) is 39.2 Å². The lowest BCUT2D eigenvalue weighted by molar-refractivity contribution is -0.135. The number of aryl methyl sites for hydroxylation is 3. The van der Waals surface area contributed by atoms with Gasteiger partial charge in [-0.2, -0.15) is 0 Å². The standard InChI is InChI=1S/C23H28N4O3/c1-3-19-20-5-4-14-26(20)15-16-27(19)23(28)13-12-22-25-24-21(30-22)11-8-17-6-9-18(29-2)10-7-17/h4-7,9-10,14,19H,3,8,11-13,15-16H2,1-2H3. The second-order valence-electron chi connectivity index (χ2n) is 7.58. The van der Waals surface area contributed by atoms with Crippen molar-refractivity contribution in [2.24, 2.45) is 0 Å². The summed E-state index contributed by atoms with van der Waals surface area (Å²) in [5.41, 5.74) is 2.40. The number of carbonyl (C=O) groups is 1. The highest BCUT2D eigenvalue weighted by molar-refractivity contribution is 5.77. The number of ether oxygens (including phenoxy) is 1. The molecule has 7 heteroatoms. The first-order chi connectivity index (χ1) is 14.7. The van der Waals surface area contributed by atoms with Gasteiger partial charge >= 0.3 is 0 Å². The van der Waals surface area contributed by atoms with Crippen LogP contribution < -0.4 is 4.74 Å². The largest absolute Gasteiger partial charge is 0.497 e. The Bertz CT molecular complexity index is 977. The summed E-state index contributed by atoms with van der Waals surface area (Å²) in [5, 5.41) is 8.27. The summed E-state index contributed by atoms with van der Waals surface area (Å²) in [5.74, 6) is 2.13. The van der Waals surface area contributed by atoms with Gasteiger partial charge in [-0.25, -0.2) is 0 Å². The fraction of sp³-hybridized carbons (Fsp3) is 0.435. The Morgan fingerprint density at radius 2 is 1.87 bits per heavy atom. The molecule has 1 unspecified atom stereocenters. The average Bonchev–Trinajstić information content (AvgIpc) is 3.45. The quantitative estimate of drug-likeness (QED) is 0.569. The number of fused-ring (bicyclic) bond motifs is 1. The summed E-state index contributed by atoms with van der Waals surface area (Å²) < 4.78 is 13.2. The molecule has 0 radical (unpaired) electrons. The molecular weight excluding hydrogens is 380 g/mol. The van der Waals surface area contributed by atoms with Crippen LogP contribution in [0.15, 0.2) is 47.0 Å². The number of amides is 1. The Morgan fingerprint density at radius 3 is 2.60 bits per heavy atom. The fourth-order valence-corrected chi connectivity index (χ4v) is 4.08. The predicted molar refractivity (Wildman–Crippen MR) is 112 cm³/mol. The maximum Gasteiger partial charge on any atom is 0.223 e. The SMILES string of the molecule is CCC1c2cccn2CCN1C(=O)CCc1nnc(CCc2ccc(OC)cc2)o1. The molecule has 1 aliphatic rings. The molecule has 0 spiro atoms. The van der Waals surface area contributed by atoms with Gasteiger partial charge in [-0.3, -0.25) is 4.79 Å². The number of aromatic nitrogens is 3. The van der Waals surface area contributed by atoms with Gasteiger partial charge in [-0.15, -0.1) is 10.2 Å². The third kappa shape index (κ3) is 4.40. The molecule has 3 aromatic rings. The zero-order valence-corrected chi connectivity index (χ0v) is 17.6. The van der Waals surface area contributed by atoms with E-state index in [4.69, 9.17) is 9.15 Å². The Kier molecular flexibility index (Phi) is 6.16. The highest BCUT2D eigenvalue weighted by Crippen LogP contribution is 2.29. The van der Waals surface area contributed by atoms with Crippen LogP contribution in [-0.2, 0) is 30.6 Å². The van der Waals surface area contributed by atoms with Crippen molar-refractivity contribution in [1.29, 1.82) is 0 Å². The lowest BCUT2D eigenvalue weighted by atomic mass is 10.1. The summed E-state index contributed by atoms with van der Waals surface area (Å²) in [6.07, 6.45) is 5.35. The minimum absolute atomic E-state index is 0.143. The van der Waals surface area contributed by atoms with Gasteiger partial charge in [-0.1, -0.05) is 19.1 Å². The predicted octanol–water partition coefficient (Wildman–Crippen LogP) is 3.59. The first kappa shape index (κ1) is 20.2. The Hall–Kier alpha value is -3.09. The van der Waals surface area contributed by atoms with E-state index in [9.17, 15) is 4.79 Å². The van der Waals surface area contributed by atoms with E-state index in [1.165, 1.54) is 11.3 Å². The van der Waals surface area contributed by atoms with Crippen LogP contribution in [0.1, 0.15) is 48.8 Å². The minimum atomic E-state index is 0.143. The fourth-order valence-electron chi connectivity index (χ4n) is 4.08. The van der Waals surface area contributed by atoms with Crippen LogP contribution in [0.2, 0.25) is 0 Å². The van der Waals surface area contributed by atoms with Crippen molar-refractivity contribution >= 4 is 5.91 Å². The van der Waals surface area contributed by atoms with Crippen LogP contribution in [0.25, 0.3) is 0 Å². The molecule has 7 nitrogen and oxygen atoms in total. The number of nitrogens with zero attached hydrogens (tertiary/aromatic N) is 4. The van der Waals surface area contributed by atoms with Crippen molar-refractivity contribution in [2.45, 2.75) is 51.6 Å². The molecule has 1 atom stereocenters. The number of methoxy groups -OCH3 is 1. The van der Waals surface area contributed by atoms with E-state index in [0.717, 1.165) is 31.7 Å². The zero-order valence-electron chi connectivity index (χ0n) is 17.6. The molecule has 2 aromatic heterocycles. The first-order valence-electron chi connectivity index (χ1n) is 10.6. The van der Waals surface area contributed by atoms with Gasteiger partial charge in [0.15, 0.2) is 0 Å². The maximum absolute atomic E-state index is 12.9. The molecule has 1 aromatic carbocycles. The molecule has 0 fully saturated rings. The molecule has 30 heavy (non-hydrogen) atoms. The zero-order chi connectivity index (χ0) is 20.9. The summed E-state index contributed by atoms with van der Waals surface area (Å²) in [7, 11) is 1.66. The molecule has 1 amide bonds. The van der Waals surface area contributed by atoms with Gasteiger partial charge in [0.1, 0.15) is 5.75 Å². The van der Waals surface area contributed by atoms with E-state index < -0.39 is 0 Å². The average molecular weight is 409 g/mol. The molecule has 0 saturated carbocycles. The Labute approximate surface area is 176 Å². The first-order valence-corrected chi connectivity index (χ1v) is 10.6. The lowest BCUT2D eigenvalue weighted by Crippen LogP contribution is -2.41. The van der Waals surface area contributed by atoms with Crippen LogP contribution in [0.4, 0.5) is 0 Å². The Morgan fingerprint density at radius 1 is 1.10 bits per heavy atom. The van der Waals surface area contributed by atoms with Crippen molar-refractivity contribution in [3.63, 3.8) is 0 Å². The molecule has 158 valence electrons. The van der Waals surface area contributed by atoms with Gasteiger partial charge in [0.05, 0.1) is 13.2 Å². The van der Waals surface area contributed by atoms with Gasteiger partial charge < -0.3 is 18.6 Å². The number of hydrogen-bond donors (Lipinski definition) is 0. The third-order valence-corrected chi connectivity index (χ3v) is 5.72. The van der Waals surface area contributed by atoms with Crippen LogP contribution in [0.5, 0.6) is 5.75 Å². The number of carbonyl (C=O) groups excluding carboxylic acids is 1. The highest BCUT2D eigenvalue weighted by Gasteiger charge is 2.29. The van der Waals surface area contributed by atoms with Crippen LogP contribution in [0, 0.1) is 0 Å². The molecule has 1 aliphatic heterocycles. The van der Waals surface area contributed by atoms with E-state index in [0.29, 0.717) is 31.0 Å². The normalized spacial score (nSPS) is 15.8. The summed E-state index contributed by atoms with van der Waals surface area (Å²) in [4.78, 5) is 14.9. The maximum atomic E-state index is 12.9. The van der Waals surface area contributed by atoms with Gasteiger partial charge in [-0.05, 0) is 42.7 Å². The topological polar surface area (TPSA) is 73.4 Å². The number of benzene rings is 1. The molecule has 3 heterocycles. The van der Waals surface area contributed by atoms with E-state index in [-0.39, 0.29) is 11.9 Å². The van der Waals surface area contributed by atoms with E-state index in [1.807, 2.05) is 29.2 Å². The number of rotatable bonds is 8. The molecule has 0 aliphatic carbocycles. The van der Waals surface area contributed by atoms with E-state index in [1.54, 1.807) is 7.11 Å². The van der Waals surface area contributed by atoms with Crippen molar-refractivity contribution < 1.29 is 13.9 Å². The van der Waals surface area contributed by atoms with Crippen molar-refractivity contribution in [2.75, 3.05) is 13.7 Å². The van der Waals surface area contributed by atoms with Crippen molar-refractivity contribution in [1.82, 2.24) is 19.7 Å². The van der Waals surface area contributed by atoms with Crippen molar-refractivity contribution in [3.8, 4) is 5.75 Å². The second kappa shape index (κ2) is 9.15. The highest BCUT2D eigenvalue weighted by atomic mass is 16.5. The minimum Gasteiger partial charge on any atom is -0.497 e. The third-order valence-electron chi connectivity index (χ3n) is 5.72. The second-order valence-corrected chi connectivity index (χ2v) is 7.58. The summed E-state index contributed by atoms with van der Waals surface area (Å²) in [6.45, 7) is 3.72. The molecule has 0 bridgehead atoms. The van der Waals surface area contributed by atoms with Gasteiger partial charge in [0.2, 0.25) is 17.7 Å². The van der Waals surface area contributed by atoms with E-state index in [2.05, 4.69) is 40.0 Å². The Balaban J connectivity index is 1.29. The molecule has 4 rings (SSSR count). The van der Waals surface area contributed by atoms with E-state index >= 15 is 0 Å².